The monoisotopic (exact) mass is 769 g/mol. The molecule has 0 saturated heterocycles. The van der Waals surface area contributed by atoms with E-state index >= 15 is 0 Å². The van der Waals surface area contributed by atoms with Crippen molar-refractivity contribution in [3.05, 3.63) is 60.8 Å². The first-order valence-electron chi connectivity index (χ1n) is 22.8. The first-order valence-corrected chi connectivity index (χ1v) is 22.8. The van der Waals surface area contributed by atoms with E-state index < -0.39 is 6.10 Å². The summed E-state index contributed by atoms with van der Waals surface area (Å²) in [5.74, 6) is -0.954. The normalized spacial score (nSPS) is 12.6. The lowest BCUT2D eigenvalue weighted by Gasteiger charge is -2.18. The van der Waals surface area contributed by atoms with Gasteiger partial charge in [0.25, 0.3) is 0 Å². The van der Waals surface area contributed by atoms with E-state index in [9.17, 15) is 14.4 Å². The van der Waals surface area contributed by atoms with Gasteiger partial charge in [0.15, 0.2) is 6.10 Å². The molecule has 0 aliphatic rings. The van der Waals surface area contributed by atoms with E-state index in [1.54, 1.807) is 0 Å². The number of unbranched alkanes of at least 4 members (excludes halogenated alkanes) is 22. The lowest BCUT2D eigenvalue weighted by atomic mass is 10.1. The van der Waals surface area contributed by atoms with Crippen LogP contribution in [0.3, 0.4) is 0 Å². The number of hydrogen-bond acceptors (Lipinski definition) is 6. The van der Waals surface area contributed by atoms with Crippen LogP contribution in [-0.2, 0) is 28.6 Å². The van der Waals surface area contributed by atoms with Crippen molar-refractivity contribution in [1.29, 1.82) is 0 Å². The molecule has 1 atom stereocenters. The summed E-state index contributed by atoms with van der Waals surface area (Å²) in [6.07, 6.45) is 52.0. The van der Waals surface area contributed by atoms with Crippen molar-refractivity contribution in [2.45, 2.75) is 219 Å². The Labute approximate surface area is 339 Å². The maximum Gasteiger partial charge on any atom is 0.306 e. The molecule has 0 fully saturated rings. The third kappa shape index (κ3) is 42.1. The molecule has 0 bridgehead atoms. The molecule has 0 aromatic heterocycles. The minimum atomic E-state index is -0.796. The summed E-state index contributed by atoms with van der Waals surface area (Å²) in [5, 5.41) is 0. The molecule has 55 heavy (non-hydrogen) atoms. The summed E-state index contributed by atoms with van der Waals surface area (Å²) >= 11 is 0. The minimum absolute atomic E-state index is 0.0941. The molecule has 0 aromatic rings. The van der Waals surface area contributed by atoms with Crippen LogP contribution in [0, 0.1) is 0 Å². The number of rotatable bonds is 40. The van der Waals surface area contributed by atoms with Gasteiger partial charge in [-0.05, 0) is 64.2 Å². The first-order chi connectivity index (χ1) is 27.0. The summed E-state index contributed by atoms with van der Waals surface area (Å²) in [7, 11) is 0. The summed E-state index contributed by atoms with van der Waals surface area (Å²) in [6, 6.07) is 0. The Balaban J connectivity index is 4.46. The highest BCUT2D eigenvalue weighted by Crippen LogP contribution is 2.13. The minimum Gasteiger partial charge on any atom is -0.462 e. The number of ether oxygens (including phenoxy) is 3. The van der Waals surface area contributed by atoms with Gasteiger partial charge in [-0.25, -0.2) is 0 Å². The molecule has 0 amide bonds. The zero-order valence-corrected chi connectivity index (χ0v) is 35.9. The fraction of sp³-hybridized carbons (Fsp3) is 0.735. The van der Waals surface area contributed by atoms with E-state index in [1.807, 2.05) is 36.5 Å². The summed E-state index contributed by atoms with van der Waals surface area (Å²) in [4.78, 5) is 37.7. The predicted molar refractivity (Wildman–Crippen MR) is 233 cm³/mol. The maximum absolute atomic E-state index is 12.7. The molecular weight excluding hydrogens is 685 g/mol. The molecule has 0 N–H and O–H groups in total. The van der Waals surface area contributed by atoms with Crippen LogP contribution < -0.4 is 0 Å². The highest BCUT2D eigenvalue weighted by molar-refractivity contribution is 5.71. The molecular formula is C49H84O6. The van der Waals surface area contributed by atoms with E-state index in [2.05, 4.69) is 45.1 Å². The molecule has 0 radical (unpaired) electrons. The van der Waals surface area contributed by atoms with E-state index in [1.165, 1.54) is 89.9 Å². The van der Waals surface area contributed by atoms with Crippen LogP contribution in [0.25, 0.3) is 0 Å². The SMILES string of the molecule is CC\C=C/C=C\C=C/C=C\CCCCCC(=O)OC(COC(=O)CCCCC/C=C\CCCCCCCCC)COC(=O)CCCCCCCCCCCC. The van der Waals surface area contributed by atoms with Crippen LogP contribution in [0.2, 0.25) is 0 Å². The van der Waals surface area contributed by atoms with Crippen LogP contribution >= 0.6 is 0 Å². The lowest BCUT2D eigenvalue weighted by molar-refractivity contribution is -0.167. The van der Waals surface area contributed by atoms with Crippen molar-refractivity contribution in [3.8, 4) is 0 Å². The van der Waals surface area contributed by atoms with Gasteiger partial charge >= 0.3 is 17.9 Å². The van der Waals surface area contributed by atoms with Gasteiger partial charge < -0.3 is 14.2 Å². The standard InChI is InChI=1S/C49H84O6/c1-4-7-10-13-16-19-22-24-26-27-30-33-36-39-42-48(51)54-45-46(44-53-47(50)41-38-35-32-29-21-18-15-12-9-6-3)55-49(52)43-40-37-34-31-28-25-23-20-17-14-11-8-5-2/h8,11,14,17,20,23,25-28,46H,4-7,9-10,12-13,15-16,18-19,21-22,24,29-45H2,1-3H3/b11-8-,17-14-,23-20-,27-26-,28-25-. The van der Waals surface area contributed by atoms with Crippen molar-refractivity contribution < 1.29 is 28.6 Å². The van der Waals surface area contributed by atoms with Gasteiger partial charge in [0.2, 0.25) is 0 Å². The van der Waals surface area contributed by atoms with Crippen molar-refractivity contribution in [2.24, 2.45) is 0 Å². The van der Waals surface area contributed by atoms with E-state index in [0.717, 1.165) is 77.0 Å². The van der Waals surface area contributed by atoms with Crippen LogP contribution in [0.1, 0.15) is 213 Å². The second-order valence-electron chi connectivity index (χ2n) is 15.0. The highest BCUT2D eigenvalue weighted by Gasteiger charge is 2.19. The molecule has 0 rings (SSSR count). The van der Waals surface area contributed by atoms with E-state index in [4.69, 9.17) is 14.2 Å². The molecule has 6 nitrogen and oxygen atoms in total. The molecule has 0 saturated carbocycles. The maximum atomic E-state index is 12.7. The number of carbonyl (C=O) groups is 3. The Morgan fingerprint density at radius 1 is 0.382 bits per heavy atom. The number of allylic oxidation sites excluding steroid dienone is 10. The Kier molecular flexibility index (Phi) is 41.5. The van der Waals surface area contributed by atoms with Crippen LogP contribution in [0.4, 0.5) is 0 Å². The van der Waals surface area contributed by atoms with Gasteiger partial charge in [0, 0.05) is 19.3 Å². The van der Waals surface area contributed by atoms with Crippen molar-refractivity contribution in [3.63, 3.8) is 0 Å². The van der Waals surface area contributed by atoms with Crippen LogP contribution in [0.5, 0.6) is 0 Å². The van der Waals surface area contributed by atoms with Crippen LogP contribution in [-0.4, -0.2) is 37.2 Å². The van der Waals surface area contributed by atoms with Crippen molar-refractivity contribution in [1.82, 2.24) is 0 Å². The topological polar surface area (TPSA) is 78.9 Å². The second kappa shape index (κ2) is 43.8. The molecule has 0 spiro atoms. The van der Waals surface area contributed by atoms with Gasteiger partial charge in [-0.2, -0.15) is 0 Å². The lowest BCUT2D eigenvalue weighted by Crippen LogP contribution is -2.30. The molecule has 0 heterocycles. The van der Waals surface area contributed by atoms with E-state index in [-0.39, 0.29) is 37.5 Å². The largest absolute Gasteiger partial charge is 0.462 e. The van der Waals surface area contributed by atoms with Crippen molar-refractivity contribution >= 4 is 17.9 Å². The van der Waals surface area contributed by atoms with Gasteiger partial charge in [0.05, 0.1) is 0 Å². The summed E-state index contributed by atoms with van der Waals surface area (Å²) in [5.41, 5.74) is 0. The number of hydrogen-bond donors (Lipinski definition) is 0. The summed E-state index contributed by atoms with van der Waals surface area (Å²) in [6.45, 7) is 6.42. The zero-order chi connectivity index (χ0) is 40.1. The summed E-state index contributed by atoms with van der Waals surface area (Å²) < 4.78 is 16.6. The molecule has 0 aromatic carbocycles. The zero-order valence-electron chi connectivity index (χ0n) is 35.9. The molecule has 6 heteroatoms. The Bertz CT molecular complexity index is 1020. The second-order valence-corrected chi connectivity index (χ2v) is 15.0. The molecule has 0 aliphatic heterocycles. The quantitative estimate of drug-likeness (QED) is 0.0203. The highest BCUT2D eigenvalue weighted by atomic mass is 16.6. The fourth-order valence-corrected chi connectivity index (χ4v) is 6.15. The third-order valence-corrected chi connectivity index (χ3v) is 9.60. The number of esters is 3. The third-order valence-electron chi connectivity index (χ3n) is 9.60. The Morgan fingerprint density at radius 3 is 1.18 bits per heavy atom. The van der Waals surface area contributed by atoms with Crippen molar-refractivity contribution in [2.75, 3.05) is 13.2 Å². The smallest absolute Gasteiger partial charge is 0.306 e. The fourth-order valence-electron chi connectivity index (χ4n) is 6.15. The van der Waals surface area contributed by atoms with Gasteiger partial charge in [-0.1, -0.05) is 191 Å². The first kappa shape index (κ1) is 52.1. The van der Waals surface area contributed by atoms with E-state index in [0.29, 0.717) is 19.3 Å². The Morgan fingerprint density at radius 2 is 0.727 bits per heavy atom. The molecule has 1 unspecified atom stereocenters. The number of carbonyl (C=O) groups excluding carboxylic acids is 3. The van der Waals surface area contributed by atoms with Gasteiger partial charge in [-0.15, -0.1) is 0 Å². The van der Waals surface area contributed by atoms with Crippen LogP contribution in [0.15, 0.2) is 60.8 Å². The average molecular weight is 769 g/mol. The Hall–Kier alpha value is -2.89. The predicted octanol–water partition coefficient (Wildman–Crippen LogP) is 14.5. The average Bonchev–Trinajstić information content (AvgIpc) is 3.18. The van der Waals surface area contributed by atoms with Gasteiger partial charge in [-0.3, -0.25) is 14.4 Å². The molecule has 316 valence electrons. The van der Waals surface area contributed by atoms with Gasteiger partial charge in [0.1, 0.15) is 13.2 Å². The molecule has 0 aliphatic carbocycles.